The normalized spacial score (nSPS) is 13.2. The number of hydrogen-bond donors (Lipinski definition) is 1. The van der Waals surface area contributed by atoms with E-state index in [9.17, 15) is 0 Å². The van der Waals surface area contributed by atoms with E-state index in [0.717, 1.165) is 11.0 Å². The number of benzene rings is 1. The fraction of sp³-hybridized carbons (Fsp3) is 0.625. The fourth-order valence-electron chi connectivity index (χ4n) is 2.50. The van der Waals surface area contributed by atoms with Gasteiger partial charge in [0.15, 0.2) is 0 Å². The maximum absolute atomic E-state index is 6.04. The van der Waals surface area contributed by atoms with Crippen LogP contribution in [0.25, 0.3) is 0 Å². The van der Waals surface area contributed by atoms with Crippen molar-refractivity contribution in [2.75, 3.05) is 13.1 Å². The Bertz CT molecular complexity index is 366. The SMILES string of the molecule is CCCCCN(C(C)C)C(CN)c1cccc(Br)c1. The molecule has 1 aromatic carbocycles. The van der Waals surface area contributed by atoms with E-state index in [1.165, 1.54) is 24.8 Å². The Hall–Kier alpha value is -0.380. The lowest BCUT2D eigenvalue weighted by Crippen LogP contribution is -2.39. The first kappa shape index (κ1) is 16.7. The largest absolute Gasteiger partial charge is 0.329 e. The van der Waals surface area contributed by atoms with Crippen molar-refractivity contribution in [1.29, 1.82) is 0 Å². The summed E-state index contributed by atoms with van der Waals surface area (Å²) in [7, 11) is 0. The number of halogens is 1. The Morgan fingerprint density at radius 3 is 2.53 bits per heavy atom. The molecule has 0 aliphatic rings. The van der Waals surface area contributed by atoms with Gasteiger partial charge in [-0.3, -0.25) is 4.90 Å². The minimum absolute atomic E-state index is 0.314. The van der Waals surface area contributed by atoms with Gasteiger partial charge in [0, 0.05) is 23.1 Å². The lowest BCUT2D eigenvalue weighted by Gasteiger charge is -2.34. The van der Waals surface area contributed by atoms with Gasteiger partial charge in [-0.2, -0.15) is 0 Å². The van der Waals surface area contributed by atoms with Crippen LogP contribution in [0, 0.1) is 0 Å². The second-order valence-corrected chi connectivity index (χ2v) is 6.26. The van der Waals surface area contributed by atoms with Crippen molar-refractivity contribution in [2.24, 2.45) is 5.73 Å². The summed E-state index contributed by atoms with van der Waals surface area (Å²) >= 11 is 3.55. The minimum atomic E-state index is 0.314. The maximum atomic E-state index is 6.04. The third-order valence-corrected chi connectivity index (χ3v) is 4.03. The molecule has 19 heavy (non-hydrogen) atoms. The van der Waals surface area contributed by atoms with Crippen molar-refractivity contribution >= 4 is 15.9 Å². The van der Waals surface area contributed by atoms with Crippen molar-refractivity contribution in [3.63, 3.8) is 0 Å². The van der Waals surface area contributed by atoms with E-state index in [2.05, 4.69) is 65.9 Å². The zero-order valence-corrected chi connectivity index (χ0v) is 14.0. The molecule has 0 aliphatic carbocycles. The molecule has 0 fully saturated rings. The van der Waals surface area contributed by atoms with Gasteiger partial charge >= 0.3 is 0 Å². The number of unbranched alkanes of at least 4 members (excludes halogenated alkanes) is 2. The summed E-state index contributed by atoms with van der Waals surface area (Å²) in [5.74, 6) is 0. The molecule has 0 heterocycles. The van der Waals surface area contributed by atoms with Crippen LogP contribution in [-0.4, -0.2) is 24.0 Å². The average molecular weight is 327 g/mol. The summed E-state index contributed by atoms with van der Waals surface area (Å²) in [6.07, 6.45) is 3.80. The molecule has 0 aromatic heterocycles. The van der Waals surface area contributed by atoms with Crippen LogP contribution in [-0.2, 0) is 0 Å². The van der Waals surface area contributed by atoms with Gasteiger partial charge in [-0.25, -0.2) is 0 Å². The van der Waals surface area contributed by atoms with Crippen LogP contribution in [0.5, 0.6) is 0 Å². The second-order valence-electron chi connectivity index (χ2n) is 5.35. The van der Waals surface area contributed by atoms with Crippen LogP contribution < -0.4 is 5.73 Å². The highest BCUT2D eigenvalue weighted by atomic mass is 79.9. The molecule has 0 radical (unpaired) electrons. The van der Waals surface area contributed by atoms with Crippen LogP contribution in [0.1, 0.15) is 51.6 Å². The van der Waals surface area contributed by atoms with Gasteiger partial charge in [0.05, 0.1) is 0 Å². The molecule has 0 amide bonds. The van der Waals surface area contributed by atoms with Gasteiger partial charge < -0.3 is 5.73 Å². The summed E-state index contributed by atoms with van der Waals surface area (Å²) in [5, 5.41) is 0. The van der Waals surface area contributed by atoms with Crippen molar-refractivity contribution in [3.05, 3.63) is 34.3 Å². The number of rotatable bonds is 8. The molecule has 0 bridgehead atoms. The van der Waals surface area contributed by atoms with E-state index < -0.39 is 0 Å². The summed E-state index contributed by atoms with van der Waals surface area (Å²) in [6, 6.07) is 9.35. The zero-order valence-electron chi connectivity index (χ0n) is 12.4. The monoisotopic (exact) mass is 326 g/mol. The molecule has 1 aromatic rings. The van der Waals surface area contributed by atoms with Gasteiger partial charge in [-0.15, -0.1) is 0 Å². The number of nitrogens with zero attached hydrogens (tertiary/aromatic N) is 1. The van der Waals surface area contributed by atoms with E-state index >= 15 is 0 Å². The van der Waals surface area contributed by atoms with Crippen LogP contribution in [0.15, 0.2) is 28.7 Å². The van der Waals surface area contributed by atoms with E-state index in [-0.39, 0.29) is 0 Å². The number of hydrogen-bond acceptors (Lipinski definition) is 2. The molecule has 3 heteroatoms. The fourth-order valence-corrected chi connectivity index (χ4v) is 2.91. The highest BCUT2D eigenvalue weighted by Crippen LogP contribution is 2.25. The predicted octanol–water partition coefficient (Wildman–Crippen LogP) is 4.35. The molecule has 108 valence electrons. The van der Waals surface area contributed by atoms with Crippen molar-refractivity contribution in [1.82, 2.24) is 4.90 Å². The lowest BCUT2D eigenvalue weighted by atomic mass is 10.0. The lowest BCUT2D eigenvalue weighted by molar-refractivity contribution is 0.154. The molecule has 2 nitrogen and oxygen atoms in total. The standard InChI is InChI=1S/C16H27BrN2/c1-4-5-6-10-19(13(2)3)16(12-18)14-8-7-9-15(17)11-14/h7-9,11,13,16H,4-6,10,12,18H2,1-3H3. The average Bonchev–Trinajstić information content (AvgIpc) is 2.38. The Labute approximate surface area is 126 Å². The topological polar surface area (TPSA) is 29.3 Å². The van der Waals surface area contributed by atoms with Crippen LogP contribution in [0.3, 0.4) is 0 Å². The van der Waals surface area contributed by atoms with Crippen LogP contribution in [0.4, 0.5) is 0 Å². The molecule has 0 saturated heterocycles. The third kappa shape index (κ3) is 5.25. The van der Waals surface area contributed by atoms with E-state index in [0.29, 0.717) is 18.6 Å². The van der Waals surface area contributed by atoms with Gasteiger partial charge in [0.25, 0.3) is 0 Å². The summed E-state index contributed by atoms with van der Waals surface area (Å²) < 4.78 is 1.13. The first-order chi connectivity index (χ1) is 9.10. The number of nitrogens with two attached hydrogens (primary N) is 1. The highest BCUT2D eigenvalue weighted by Gasteiger charge is 2.21. The van der Waals surface area contributed by atoms with E-state index in [1.807, 2.05) is 0 Å². The molecule has 1 rings (SSSR count). The van der Waals surface area contributed by atoms with Crippen LogP contribution >= 0.6 is 15.9 Å². The van der Waals surface area contributed by atoms with Gasteiger partial charge in [0.1, 0.15) is 0 Å². The van der Waals surface area contributed by atoms with E-state index in [1.54, 1.807) is 0 Å². The van der Waals surface area contributed by atoms with Gasteiger partial charge in [-0.1, -0.05) is 47.8 Å². The van der Waals surface area contributed by atoms with Gasteiger partial charge in [0.2, 0.25) is 0 Å². The second kappa shape index (κ2) is 8.72. The molecular weight excluding hydrogens is 300 g/mol. The first-order valence-electron chi connectivity index (χ1n) is 7.31. The Balaban J connectivity index is 2.83. The van der Waals surface area contributed by atoms with Crippen molar-refractivity contribution in [3.8, 4) is 0 Å². The molecule has 0 saturated carbocycles. The minimum Gasteiger partial charge on any atom is -0.329 e. The Morgan fingerprint density at radius 1 is 1.26 bits per heavy atom. The molecule has 1 atom stereocenters. The van der Waals surface area contributed by atoms with Crippen LogP contribution in [0.2, 0.25) is 0 Å². The van der Waals surface area contributed by atoms with Crippen molar-refractivity contribution in [2.45, 2.75) is 52.1 Å². The molecule has 2 N–H and O–H groups in total. The van der Waals surface area contributed by atoms with Crippen molar-refractivity contribution < 1.29 is 0 Å². The molecule has 0 aliphatic heterocycles. The molecule has 1 unspecified atom stereocenters. The molecular formula is C16H27BrN2. The van der Waals surface area contributed by atoms with Gasteiger partial charge in [-0.05, 0) is 44.5 Å². The Kier molecular flexibility index (Phi) is 7.66. The highest BCUT2D eigenvalue weighted by molar-refractivity contribution is 9.10. The smallest absolute Gasteiger partial charge is 0.0473 e. The first-order valence-corrected chi connectivity index (χ1v) is 8.10. The summed E-state index contributed by atoms with van der Waals surface area (Å²) in [5.41, 5.74) is 7.35. The van der Waals surface area contributed by atoms with E-state index in [4.69, 9.17) is 5.73 Å². The summed E-state index contributed by atoms with van der Waals surface area (Å²) in [4.78, 5) is 2.53. The predicted molar refractivity (Wildman–Crippen MR) is 87.3 cm³/mol. The zero-order chi connectivity index (χ0) is 14.3. The maximum Gasteiger partial charge on any atom is 0.0473 e. The Morgan fingerprint density at radius 2 is 2.00 bits per heavy atom. The quantitative estimate of drug-likeness (QED) is 0.719. The summed E-state index contributed by atoms with van der Waals surface area (Å²) in [6.45, 7) is 8.55. The molecule has 0 spiro atoms. The third-order valence-electron chi connectivity index (χ3n) is 3.54.